The van der Waals surface area contributed by atoms with Crippen molar-refractivity contribution in [2.45, 2.75) is 45.2 Å². The van der Waals surface area contributed by atoms with E-state index in [1.807, 2.05) is 50.2 Å². The molecule has 3 rings (SSSR count). The Bertz CT molecular complexity index is 919. The maximum Gasteiger partial charge on any atom is 0.226 e. The van der Waals surface area contributed by atoms with Crippen LogP contribution < -0.4 is 16.2 Å². The van der Waals surface area contributed by atoms with E-state index >= 15 is 0 Å². The van der Waals surface area contributed by atoms with Crippen molar-refractivity contribution in [1.82, 2.24) is 5.06 Å². The van der Waals surface area contributed by atoms with Crippen LogP contribution in [0.25, 0.3) is 10.8 Å². The number of hydroxylamine groups is 2. The van der Waals surface area contributed by atoms with Crippen LogP contribution in [0.5, 0.6) is 5.75 Å². The summed E-state index contributed by atoms with van der Waals surface area (Å²) < 4.78 is 5.97. The highest BCUT2D eigenvalue weighted by molar-refractivity contribution is 8.93. The predicted molar refractivity (Wildman–Crippen MR) is 128 cm³/mol. The topological polar surface area (TPSA) is 98.5 Å². The summed E-state index contributed by atoms with van der Waals surface area (Å²) >= 11 is 6.25. The van der Waals surface area contributed by atoms with Crippen LogP contribution in [0, 0.1) is 0 Å². The van der Waals surface area contributed by atoms with Crippen molar-refractivity contribution in [3.05, 3.63) is 41.4 Å². The molecule has 0 saturated heterocycles. The number of aliphatic imine (C=N–C) groups is 2. The largest absolute Gasteiger partial charge is 0.493 e. The molecule has 1 aliphatic rings. The van der Waals surface area contributed by atoms with E-state index in [2.05, 4.69) is 9.98 Å². The molecular formula is C21H29BrClN5O2. The second kappa shape index (κ2) is 10.8. The van der Waals surface area contributed by atoms with Gasteiger partial charge in [-0.3, -0.25) is 4.84 Å². The van der Waals surface area contributed by atoms with Gasteiger partial charge in [-0.15, -0.1) is 17.0 Å². The van der Waals surface area contributed by atoms with Gasteiger partial charge in [0, 0.05) is 15.8 Å². The molecule has 0 unspecified atom stereocenters. The monoisotopic (exact) mass is 497 g/mol. The summed E-state index contributed by atoms with van der Waals surface area (Å²) in [6.45, 7) is 4.95. The van der Waals surface area contributed by atoms with E-state index in [-0.39, 0.29) is 28.9 Å². The fraction of sp³-hybridized carbons (Fsp3) is 0.429. The van der Waals surface area contributed by atoms with Gasteiger partial charge in [-0.1, -0.05) is 42.3 Å². The van der Waals surface area contributed by atoms with Gasteiger partial charge in [0.15, 0.2) is 5.66 Å². The molecule has 0 bridgehead atoms. The van der Waals surface area contributed by atoms with Gasteiger partial charge >= 0.3 is 0 Å². The third-order valence-electron chi connectivity index (χ3n) is 4.67. The number of hydrogen-bond acceptors (Lipinski definition) is 7. The molecule has 0 radical (unpaired) electrons. The maximum atomic E-state index is 6.25. The maximum absolute atomic E-state index is 6.25. The molecule has 0 amide bonds. The molecule has 30 heavy (non-hydrogen) atoms. The first-order chi connectivity index (χ1) is 13.9. The average molecular weight is 499 g/mol. The van der Waals surface area contributed by atoms with Gasteiger partial charge in [0.2, 0.25) is 11.9 Å². The number of halogens is 2. The summed E-state index contributed by atoms with van der Waals surface area (Å²) in [5.74, 6) is 1.27. The number of nitrogens with zero attached hydrogens (tertiary/aromatic N) is 3. The van der Waals surface area contributed by atoms with Crippen LogP contribution in [0.4, 0.5) is 0 Å². The third-order valence-corrected chi connectivity index (χ3v) is 5.00. The second-order valence-corrected chi connectivity index (χ2v) is 7.82. The van der Waals surface area contributed by atoms with Crippen LogP contribution in [0.2, 0.25) is 5.02 Å². The molecule has 7 nitrogen and oxygen atoms in total. The molecule has 0 atom stereocenters. The van der Waals surface area contributed by atoms with E-state index in [0.29, 0.717) is 13.2 Å². The van der Waals surface area contributed by atoms with Crippen molar-refractivity contribution < 1.29 is 9.57 Å². The lowest BCUT2D eigenvalue weighted by Crippen LogP contribution is -2.53. The van der Waals surface area contributed by atoms with Crippen LogP contribution in [-0.4, -0.2) is 35.9 Å². The van der Waals surface area contributed by atoms with Crippen molar-refractivity contribution in [3.8, 4) is 5.75 Å². The second-order valence-electron chi connectivity index (χ2n) is 7.42. The van der Waals surface area contributed by atoms with Gasteiger partial charge in [-0.2, -0.15) is 10.1 Å². The Kier molecular flexibility index (Phi) is 8.76. The van der Waals surface area contributed by atoms with Crippen molar-refractivity contribution in [3.63, 3.8) is 0 Å². The summed E-state index contributed by atoms with van der Waals surface area (Å²) in [5.41, 5.74) is 10.9. The summed E-state index contributed by atoms with van der Waals surface area (Å²) in [4.78, 5) is 14.0. The van der Waals surface area contributed by atoms with E-state index < -0.39 is 5.66 Å². The molecule has 9 heteroatoms. The molecule has 1 aliphatic heterocycles. The smallest absolute Gasteiger partial charge is 0.226 e. The fourth-order valence-corrected chi connectivity index (χ4v) is 3.50. The number of rotatable bonds is 9. The molecular weight excluding hydrogens is 470 g/mol. The minimum Gasteiger partial charge on any atom is -0.493 e. The van der Waals surface area contributed by atoms with E-state index in [4.69, 9.17) is 32.6 Å². The van der Waals surface area contributed by atoms with Crippen LogP contribution in [0.3, 0.4) is 0 Å². The van der Waals surface area contributed by atoms with E-state index in [0.717, 1.165) is 47.2 Å². The molecule has 2 aromatic rings. The first kappa shape index (κ1) is 24.2. The summed E-state index contributed by atoms with van der Waals surface area (Å²) in [6, 6.07) is 11.8. The van der Waals surface area contributed by atoms with E-state index in [1.54, 1.807) is 0 Å². The molecule has 2 aromatic carbocycles. The lowest BCUT2D eigenvalue weighted by atomic mass is 10.1. The average Bonchev–Trinajstić information content (AvgIpc) is 2.66. The Balaban J connectivity index is 0.00000320. The number of benzene rings is 2. The van der Waals surface area contributed by atoms with Crippen molar-refractivity contribution in [2.75, 3.05) is 13.2 Å². The number of fused-ring (bicyclic) bond motifs is 1. The Hall–Kier alpha value is -2.03. The van der Waals surface area contributed by atoms with Crippen LogP contribution in [-0.2, 0) is 4.84 Å². The number of ether oxygens (including phenoxy) is 1. The van der Waals surface area contributed by atoms with Gasteiger partial charge in [-0.25, -0.2) is 4.99 Å². The standard InChI is InChI=1S/C21H28ClN5O2.BrH/c1-21(2)26-19(23)25-20(24)27(21)29-14-8-4-3-7-13-28-18-12-11-17(22)15-9-5-6-10-16(15)18;/h5-6,9-12H,3-4,7-8,13-14H2,1-2H3,(H4,23,24,25,26);1H. The Morgan fingerprint density at radius 1 is 0.967 bits per heavy atom. The highest BCUT2D eigenvalue weighted by Crippen LogP contribution is 2.31. The van der Waals surface area contributed by atoms with Gasteiger partial charge in [0.25, 0.3) is 0 Å². The molecule has 4 N–H and O–H groups in total. The van der Waals surface area contributed by atoms with Gasteiger partial charge in [-0.05, 0) is 45.2 Å². The van der Waals surface area contributed by atoms with Crippen LogP contribution >= 0.6 is 28.6 Å². The minimum atomic E-state index is -0.662. The highest BCUT2D eigenvalue weighted by Gasteiger charge is 2.32. The normalized spacial score (nSPS) is 15.4. The quantitative estimate of drug-likeness (QED) is 0.491. The van der Waals surface area contributed by atoms with Gasteiger partial charge in [0.1, 0.15) is 5.75 Å². The molecule has 0 fully saturated rings. The van der Waals surface area contributed by atoms with Crippen molar-refractivity contribution in [2.24, 2.45) is 21.5 Å². The Labute approximate surface area is 192 Å². The number of guanidine groups is 2. The molecule has 0 aromatic heterocycles. The Morgan fingerprint density at radius 3 is 2.33 bits per heavy atom. The summed E-state index contributed by atoms with van der Waals surface area (Å²) in [5, 5.41) is 4.31. The highest BCUT2D eigenvalue weighted by atomic mass is 79.9. The summed E-state index contributed by atoms with van der Waals surface area (Å²) in [6.07, 6.45) is 3.95. The molecule has 0 saturated carbocycles. The lowest BCUT2D eigenvalue weighted by Gasteiger charge is -2.36. The number of hydrogen-bond donors (Lipinski definition) is 2. The van der Waals surface area contributed by atoms with Gasteiger partial charge in [0.05, 0.1) is 13.2 Å². The molecule has 0 aliphatic carbocycles. The molecule has 0 spiro atoms. The molecule has 1 heterocycles. The van der Waals surface area contributed by atoms with Crippen LogP contribution in [0.1, 0.15) is 39.5 Å². The Morgan fingerprint density at radius 2 is 1.63 bits per heavy atom. The number of unbranched alkanes of at least 4 members (excludes halogenated alkanes) is 3. The third kappa shape index (κ3) is 6.00. The number of nitrogens with two attached hydrogens (primary N) is 2. The first-order valence-electron chi connectivity index (χ1n) is 9.81. The van der Waals surface area contributed by atoms with Gasteiger partial charge < -0.3 is 16.2 Å². The zero-order valence-corrected chi connectivity index (χ0v) is 19.8. The van der Waals surface area contributed by atoms with E-state index in [9.17, 15) is 0 Å². The van der Waals surface area contributed by atoms with Crippen molar-refractivity contribution in [1.29, 1.82) is 0 Å². The van der Waals surface area contributed by atoms with Crippen molar-refractivity contribution >= 4 is 51.3 Å². The first-order valence-corrected chi connectivity index (χ1v) is 10.2. The molecule has 164 valence electrons. The summed E-state index contributed by atoms with van der Waals surface area (Å²) in [7, 11) is 0. The predicted octanol–water partition coefficient (Wildman–Crippen LogP) is 4.62. The SMILES string of the molecule is Br.CC1(C)N=C(N)N=C(N)N1OCCCCCCOc1ccc(Cl)c2ccccc12. The van der Waals surface area contributed by atoms with E-state index in [1.165, 1.54) is 5.06 Å². The fourth-order valence-electron chi connectivity index (χ4n) is 3.27. The van der Waals surface area contributed by atoms with Crippen LogP contribution in [0.15, 0.2) is 46.4 Å². The zero-order valence-electron chi connectivity index (χ0n) is 17.3. The lowest BCUT2D eigenvalue weighted by molar-refractivity contribution is -0.157. The minimum absolute atomic E-state index is 0. The zero-order chi connectivity index (χ0) is 20.9.